The first-order valence-electron chi connectivity index (χ1n) is 10.5. The van der Waals surface area contributed by atoms with Crippen molar-refractivity contribution in [3.8, 4) is 22.4 Å². The van der Waals surface area contributed by atoms with Crippen LogP contribution in [0.15, 0.2) is 77.9 Å². The van der Waals surface area contributed by atoms with Crippen LogP contribution in [-0.2, 0) is 6.67 Å². The monoisotopic (exact) mass is 396 g/mol. The number of piperidine rings is 1. The van der Waals surface area contributed by atoms with Gasteiger partial charge in [-0.25, -0.2) is 9.97 Å². The Hall–Kier alpha value is -3.31. The van der Waals surface area contributed by atoms with Crippen LogP contribution >= 0.6 is 0 Å². The molecule has 30 heavy (non-hydrogen) atoms. The third-order valence-corrected chi connectivity index (χ3v) is 5.75. The maximum atomic E-state index is 13.5. The van der Waals surface area contributed by atoms with E-state index < -0.39 is 0 Å². The highest BCUT2D eigenvalue weighted by Gasteiger charge is 2.17. The Bertz CT molecular complexity index is 1210. The van der Waals surface area contributed by atoms with E-state index in [1.807, 2.05) is 66.7 Å². The number of nitrogens with zero attached hydrogens (tertiary/aromatic N) is 4. The maximum absolute atomic E-state index is 13.5. The van der Waals surface area contributed by atoms with Crippen molar-refractivity contribution in [3.05, 3.63) is 83.4 Å². The van der Waals surface area contributed by atoms with Gasteiger partial charge in [0.15, 0.2) is 5.65 Å². The quantitative estimate of drug-likeness (QED) is 0.507. The summed E-state index contributed by atoms with van der Waals surface area (Å²) >= 11 is 0. The van der Waals surface area contributed by atoms with Crippen LogP contribution in [-0.4, -0.2) is 32.5 Å². The summed E-state index contributed by atoms with van der Waals surface area (Å²) in [5.41, 5.74) is 4.17. The van der Waals surface area contributed by atoms with Gasteiger partial charge in [0.2, 0.25) is 0 Å². The molecule has 2 aromatic carbocycles. The molecule has 1 fully saturated rings. The van der Waals surface area contributed by atoms with Crippen LogP contribution in [0.1, 0.15) is 19.3 Å². The molecule has 5 rings (SSSR count). The normalized spacial score (nSPS) is 14.8. The molecule has 0 spiro atoms. The van der Waals surface area contributed by atoms with Crippen molar-refractivity contribution in [1.29, 1.82) is 0 Å². The second-order valence-corrected chi connectivity index (χ2v) is 7.83. The van der Waals surface area contributed by atoms with E-state index in [-0.39, 0.29) is 5.56 Å². The van der Waals surface area contributed by atoms with E-state index in [2.05, 4.69) is 9.88 Å². The van der Waals surface area contributed by atoms with Gasteiger partial charge in [-0.2, -0.15) is 0 Å². The second kappa shape index (κ2) is 8.20. The minimum atomic E-state index is -0.0310. The van der Waals surface area contributed by atoms with Gasteiger partial charge in [0.05, 0.1) is 17.7 Å². The molecule has 0 saturated carbocycles. The molecule has 150 valence electrons. The molecular formula is C25H24N4O. The highest BCUT2D eigenvalue weighted by atomic mass is 16.1. The molecule has 2 aromatic heterocycles. The van der Waals surface area contributed by atoms with Crippen molar-refractivity contribution in [2.24, 2.45) is 0 Å². The fourth-order valence-corrected chi connectivity index (χ4v) is 4.18. The summed E-state index contributed by atoms with van der Waals surface area (Å²) in [5, 5.41) is 0.584. The number of hydrogen-bond acceptors (Lipinski definition) is 4. The minimum Gasteiger partial charge on any atom is -0.286 e. The molecule has 4 aromatic rings. The van der Waals surface area contributed by atoms with Crippen LogP contribution < -0.4 is 5.56 Å². The number of benzene rings is 2. The lowest BCUT2D eigenvalue weighted by molar-refractivity contribution is 0.179. The molecule has 0 radical (unpaired) electrons. The van der Waals surface area contributed by atoms with E-state index in [4.69, 9.17) is 4.98 Å². The minimum absolute atomic E-state index is 0.0310. The molecule has 1 aliphatic heterocycles. The van der Waals surface area contributed by atoms with E-state index >= 15 is 0 Å². The molecule has 0 unspecified atom stereocenters. The summed E-state index contributed by atoms with van der Waals surface area (Å²) in [6.07, 6.45) is 5.29. The van der Waals surface area contributed by atoms with Crippen LogP contribution in [0.2, 0.25) is 0 Å². The van der Waals surface area contributed by atoms with Crippen molar-refractivity contribution in [1.82, 2.24) is 19.4 Å². The molecule has 0 N–H and O–H groups in total. The summed E-state index contributed by atoms with van der Waals surface area (Å²) in [4.78, 5) is 25.2. The first-order chi connectivity index (χ1) is 14.8. The summed E-state index contributed by atoms with van der Waals surface area (Å²) in [5.74, 6) is 0. The molecule has 5 heteroatoms. The smallest absolute Gasteiger partial charge is 0.264 e. The largest absolute Gasteiger partial charge is 0.286 e. The van der Waals surface area contributed by atoms with Gasteiger partial charge in [0.25, 0.3) is 5.56 Å². The zero-order valence-electron chi connectivity index (χ0n) is 16.9. The Balaban J connectivity index is 1.69. The van der Waals surface area contributed by atoms with Crippen LogP contribution in [0.5, 0.6) is 0 Å². The van der Waals surface area contributed by atoms with Gasteiger partial charge in [0.1, 0.15) is 6.33 Å². The lowest BCUT2D eigenvalue weighted by Crippen LogP contribution is -2.36. The molecule has 0 bridgehead atoms. The summed E-state index contributed by atoms with van der Waals surface area (Å²) in [7, 11) is 0. The first kappa shape index (κ1) is 18.7. The fraction of sp³-hybridized carbons (Fsp3) is 0.240. The molecule has 0 atom stereocenters. The van der Waals surface area contributed by atoms with Crippen LogP contribution in [0.3, 0.4) is 0 Å². The standard InChI is InChI=1S/C25H24N4O/c30-25-23-21(19-10-4-1-5-11-19)16-22(20-12-6-2-7-13-20)27-24(23)26-17-29(25)18-28-14-8-3-9-15-28/h1-2,4-7,10-13,16-17H,3,8-9,14-15,18H2. The van der Waals surface area contributed by atoms with E-state index in [1.165, 1.54) is 19.3 Å². The SMILES string of the molecule is O=c1c2c(-c3ccccc3)cc(-c3ccccc3)nc2ncn1CN1CCCCC1. The Morgan fingerprint density at radius 3 is 2.20 bits per heavy atom. The maximum Gasteiger partial charge on any atom is 0.264 e. The number of fused-ring (bicyclic) bond motifs is 1. The molecule has 3 heterocycles. The van der Waals surface area contributed by atoms with Gasteiger partial charge in [-0.15, -0.1) is 0 Å². The van der Waals surface area contributed by atoms with Crippen LogP contribution in [0, 0.1) is 0 Å². The summed E-state index contributed by atoms with van der Waals surface area (Å²) < 4.78 is 1.73. The molecule has 5 nitrogen and oxygen atoms in total. The molecule has 0 aliphatic carbocycles. The Labute approximate surface area is 175 Å². The van der Waals surface area contributed by atoms with Crippen molar-refractivity contribution in [2.45, 2.75) is 25.9 Å². The number of hydrogen-bond donors (Lipinski definition) is 0. The molecular weight excluding hydrogens is 372 g/mol. The third kappa shape index (κ3) is 3.64. The van der Waals surface area contributed by atoms with Gasteiger partial charge in [-0.3, -0.25) is 14.3 Å². The first-order valence-corrected chi connectivity index (χ1v) is 10.5. The lowest BCUT2D eigenvalue weighted by atomic mass is 10.0. The third-order valence-electron chi connectivity index (χ3n) is 5.75. The predicted molar refractivity (Wildman–Crippen MR) is 120 cm³/mol. The van der Waals surface area contributed by atoms with Gasteiger partial charge in [0, 0.05) is 11.1 Å². The number of aromatic nitrogens is 3. The Kier molecular flexibility index (Phi) is 5.11. The van der Waals surface area contributed by atoms with Crippen molar-refractivity contribution in [3.63, 3.8) is 0 Å². The topological polar surface area (TPSA) is 51.0 Å². The van der Waals surface area contributed by atoms with Gasteiger partial charge in [-0.1, -0.05) is 67.1 Å². The predicted octanol–water partition coefficient (Wildman–Crippen LogP) is 4.57. The molecule has 0 amide bonds. The van der Waals surface area contributed by atoms with E-state index in [0.29, 0.717) is 17.7 Å². The average Bonchev–Trinajstić information content (AvgIpc) is 2.82. The second-order valence-electron chi connectivity index (χ2n) is 7.83. The fourth-order valence-electron chi connectivity index (χ4n) is 4.18. The van der Waals surface area contributed by atoms with Gasteiger partial charge < -0.3 is 0 Å². The van der Waals surface area contributed by atoms with E-state index in [0.717, 1.165) is 35.5 Å². The summed E-state index contributed by atoms with van der Waals surface area (Å²) in [6, 6.07) is 22.1. The number of likely N-dealkylation sites (tertiary alicyclic amines) is 1. The van der Waals surface area contributed by atoms with Gasteiger partial charge >= 0.3 is 0 Å². The average molecular weight is 396 g/mol. The zero-order chi connectivity index (χ0) is 20.3. The Morgan fingerprint density at radius 2 is 1.50 bits per heavy atom. The molecule has 1 aliphatic rings. The van der Waals surface area contributed by atoms with Crippen molar-refractivity contribution >= 4 is 11.0 Å². The Morgan fingerprint density at radius 1 is 0.833 bits per heavy atom. The highest BCUT2D eigenvalue weighted by molar-refractivity contribution is 5.94. The lowest BCUT2D eigenvalue weighted by Gasteiger charge is -2.26. The molecule has 1 saturated heterocycles. The van der Waals surface area contributed by atoms with Crippen molar-refractivity contribution in [2.75, 3.05) is 13.1 Å². The summed E-state index contributed by atoms with van der Waals surface area (Å²) in [6.45, 7) is 2.64. The van der Waals surface area contributed by atoms with Crippen LogP contribution in [0.25, 0.3) is 33.4 Å². The van der Waals surface area contributed by atoms with Crippen LogP contribution in [0.4, 0.5) is 0 Å². The van der Waals surface area contributed by atoms with Gasteiger partial charge in [-0.05, 0) is 37.6 Å². The number of rotatable bonds is 4. The highest BCUT2D eigenvalue weighted by Crippen LogP contribution is 2.29. The van der Waals surface area contributed by atoms with Crippen molar-refractivity contribution < 1.29 is 0 Å². The zero-order valence-corrected chi connectivity index (χ0v) is 16.9. The van der Waals surface area contributed by atoms with E-state index in [9.17, 15) is 4.79 Å². The number of pyridine rings is 1. The van der Waals surface area contributed by atoms with E-state index in [1.54, 1.807) is 10.9 Å².